The number of amides is 1. The van der Waals surface area contributed by atoms with E-state index in [-0.39, 0.29) is 13.0 Å². The lowest BCUT2D eigenvalue weighted by Crippen LogP contribution is -2.68. The largest absolute Gasteiger partial charge is 0.333 e. The Labute approximate surface area is 93.2 Å². The van der Waals surface area contributed by atoms with E-state index in [4.69, 9.17) is 16.1 Å². The van der Waals surface area contributed by atoms with Crippen LogP contribution in [0.2, 0.25) is 0 Å². The molecule has 0 radical (unpaired) electrons. The van der Waals surface area contributed by atoms with Crippen LogP contribution in [-0.4, -0.2) is 41.8 Å². The quantitative estimate of drug-likeness (QED) is 0.196. The van der Waals surface area contributed by atoms with Gasteiger partial charge in [0.15, 0.2) is 13.7 Å². The third kappa shape index (κ3) is 2.54. The number of rotatable bonds is 3. The van der Waals surface area contributed by atoms with E-state index in [0.29, 0.717) is 0 Å². The van der Waals surface area contributed by atoms with Gasteiger partial charge in [-0.2, -0.15) is 13.1 Å². The molecule has 9 nitrogen and oxygen atoms in total. The summed E-state index contributed by atoms with van der Waals surface area (Å²) in [5.74, 6) is 4.41. The van der Waals surface area contributed by atoms with Gasteiger partial charge in [0, 0.05) is 6.54 Å². The van der Waals surface area contributed by atoms with E-state index in [9.17, 15) is 17.8 Å². The Kier molecular flexibility index (Phi) is 3.62. The maximum Gasteiger partial charge on any atom is 0.333 e. The molecule has 1 fully saturated rings. The number of nitrogens with one attached hydrogen (secondary N) is 1. The fourth-order valence-corrected chi connectivity index (χ4v) is 2.68. The summed E-state index contributed by atoms with van der Waals surface area (Å²) < 4.78 is 42.5. The molecule has 92 valence electrons. The standard InChI is InChI=1S/C5H11N4O5PS/c6-5(15-11)3(8-16(12,13)14)1-2-9(7)4(5)10/h3,8H,1-2,6-7H2,(H,12,13,14)/t3-,5+/m1/s1. The average Bonchev–Trinajstić information content (AvgIpc) is 2.17. The molecule has 0 bridgehead atoms. The van der Waals surface area contributed by atoms with E-state index in [1.165, 1.54) is 0 Å². The molecule has 1 saturated heterocycles. The van der Waals surface area contributed by atoms with Crippen molar-refractivity contribution in [3.8, 4) is 0 Å². The summed E-state index contributed by atoms with van der Waals surface area (Å²) in [5, 5.41) is -1.24. The summed E-state index contributed by atoms with van der Waals surface area (Å²) in [6.07, 6.45) is 0.0494. The maximum absolute atomic E-state index is 11.5. The predicted molar refractivity (Wildman–Crippen MR) is 53.5 cm³/mol. The molecule has 1 aliphatic heterocycles. The topological polar surface area (TPSA) is 156 Å². The van der Waals surface area contributed by atoms with Gasteiger partial charge in [0.1, 0.15) is 0 Å². The molecule has 2 atom stereocenters. The highest BCUT2D eigenvalue weighted by Gasteiger charge is 2.50. The van der Waals surface area contributed by atoms with Gasteiger partial charge in [0.2, 0.25) is 0 Å². The summed E-state index contributed by atoms with van der Waals surface area (Å²) in [5.41, 5.74) is 5.51. The van der Waals surface area contributed by atoms with Crippen LogP contribution in [0.3, 0.4) is 0 Å². The molecule has 0 aromatic heterocycles. The number of carbonyl (C=O) groups excluding carboxylic acids is 1. The minimum Gasteiger partial charge on any atom is -0.306 e. The lowest BCUT2D eigenvalue weighted by atomic mass is 10.0. The number of hydrogen-bond acceptors (Lipinski definition) is 6. The van der Waals surface area contributed by atoms with E-state index in [1.807, 2.05) is 0 Å². The van der Waals surface area contributed by atoms with Crippen molar-refractivity contribution in [1.82, 2.24) is 9.73 Å². The average molecular weight is 270 g/mol. The van der Waals surface area contributed by atoms with Crippen LogP contribution >= 0.6 is 8.46 Å². The first-order chi connectivity index (χ1) is 7.20. The van der Waals surface area contributed by atoms with Crippen LogP contribution in [0.15, 0.2) is 0 Å². The van der Waals surface area contributed by atoms with Crippen molar-refractivity contribution in [3.63, 3.8) is 0 Å². The predicted octanol–water partition coefficient (Wildman–Crippen LogP) is -2.20. The third-order valence-electron chi connectivity index (χ3n) is 2.24. The van der Waals surface area contributed by atoms with Crippen LogP contribution in [0.25, 0.3) is 0 Å². The van der Waals surface area contributed by atoms with Crippen molar-refractivity contribution in [3.05, 3.63) is 0 Å². The van der Waals surface area contributed by atoms with E-state index in [2.05, 4.69) is 0 Å². The van der Waals surface area contributed by atoms with Crippen molar-refractivity contribution in [2.24, 2.45) is 11.6 Å². The molecule has 6 N–H and O–H groups in total. The van der Waals surface area contributed by atoms with E-state index >= 15 is 0 Å². The molecule has 0 aromatic rings. The van der Waals surface area contributed by atoms with Crippen molar-refractivity contribution >= 4 is 24.7 Å². The fraction of sp³-hybridized carbons (Fsp3) is 0.800. The minimum absolute atomic E-state index is 0.0422. The zero-order chi connectivity index (χ0) is 12.6. The molecular weight excluding hydrogens is 259 g/mol. The van der Waals surface area contributed by atoms with Crippen molar-refractivity contribution in [2.75, 3.05) is 6.54 Å². The van der Waals surface area contributed by atoms with Gasteiger partial charge in [-0.3, -0.25) is 18.9 Å². The van der Waals surface area contributed by atoms with Gasteiger partial charge in [0.05, 0.1) is 6.04 Å². The molecule has 0 unspecified atom stereocenters. The van der Waals surface area contributed by atoms with Gasteiger partial charge in [-0.25, -0.2) is 5.84 Å². The van der Waals surface area contributed by atoms with E-state index in [0.717, 1.165) is 5.01 Å². The molecule has 0 spiro atoms. The number of carbonyl (C=O) groups is 1. The van der Waals surface area contributed by atoms with Crippen LogP contribution in [0, 0.1) is 0 Å². The van der Waals surface area contributed by atoms with Gasteiger partial charge in [-0.05, 0) is 6.42 Å². The molecule has 1 rings (SSSR count). The van der Waals surface area contributed by atoms with Crippen molar-refractivity contribution in [2.45, 2.75) is 17.7 Å². The van der Waals surface area contributed by atoms with Crippen LogP contribution in [-0.2, 0) is 19.7 Å². The highest BCUT2D eigenvalue weighted by atomic mass is 32.2. The summed E-state index contributed by atoms with van der Waals surface area (Å²) in [4.78, 5) is 11.5. The highest BCUT2D eigenvalue weighted by molar-refractivity contribution is 7.83. The third-order valence-corrected chi connectivity index (χ3v) is 3.62. The Bertz CT molecular complexity index is 413. The normalized spacial score (nSPS) is 32.1. The summed E-state index contributed by atoms with van der Waals surface area (Å²) >= 11 is 0. The monoisotopic (exact) mass is 270 g/mol. The molecule has 0 aromatic carbocycles. The zero-order valence-corrected chi connectivity index (χ0v) is 9.74. The van der Waals surface area contributed by atoms with Gasteiger partial charge in [-0.1, -0.05) is 0 Å². The van der Waals surface area contributed by atoms with Gasteiger partial charge in [0.25, 0.3) is 5.91 Å². The Morgan fingerprint density at radius 2 is 2.19 bits per heavy atom. The van der Waals surface area contributed by atoms with Crippen LogP contribution in [0.4, 0.5) is 0 Å². The molecule has 16 heavy (non-hydrogen) atoms. The molecule has 11 heteroatoms. The highest BCUT2D eigenvalue weighted by Crippen LogP contribution is 2.29. The Hall–Kier alpha value is -0.640. The summed E-state index contributed by atoms with van der Waals surface area (Å²) in [6.45, 7) is 0.0422. The van der Waals surface area contributed by atoms with Gasteiger partial charge >= 0.3 is 10.3 Å². The van der Waals surface area contributed by atoms with Gasteiger partial charge < -0.3 is 5.73 Å². The second kappa shape index (κ2) is 4.32. The second-order valence-corrected chi connectivity index (χ2v) is 5.46. The van der Waals surface area contributed by atoms with Crippen LogP contribution in [0.1, 0.15) is 6.42 Å². The number of nitrogens with zero attached hydrogens (tertiary/aromatic N) is 1. The lowest BCUT2D eigenvalue weighted by Gasteiger charge is -2.38. The first-order valence-electron chi connectivity index (χ1n) is 4.15. The second-order valence-electron chi connectivity index (χ2n) is 3.35. The van der Waals surface area contributed by atoms with Crippen LogP contribution in [0.5, 0.6) is 0 Å². The smallest absolute Gasteiger partial charge is 0.306 e. The molecule has 0 saturated carbocycles. The first-order valence-corrected chi connectivity index (χ1v) is 6.41. The maximum atomic E-state index is 11.5. The summed E-state index contributed by atoms with van der Waals surface area (Å²) in [7, 11) is -5.31. The van der Waals surface area contributed by atoms with E-state index < -0.39 is 36.0 Å². The molecule has 0 aliphatic carbocycles. The molecule has 1 aliphatic rings. The Morgan fingerprint density at radius 1 is 1.62 bits per heavy atom. The number of nitrogens with two attached hydrogens (primary N) is 2. The minimum atomic E-state index is -4.53. The fourth-order valence-electron chi connectivity index (χ4n) is 1.40. The zero-order valence-electron chi connectivity index (χ0n) is 8.03. The molecule has 1 amide bonds. The first kappa shape index (κ1) is 13.4. The Morgan fingerprint density at radius 3 is 2.62 bits per heavy atom. The molecule has 1 heterocycles. The SMILES string of the molecule is NN1CC[C@@H](NS(=O)(=O)O)[C@](N)(P=O)C1=O. The lowest BCUT2D eigenvalue weighted by molar-refractivity contribution is -0.137. The number of piperidine rings is 1. The number of hydrogen-bond donors (Lipinski definition) is 4. The summed E-state index contributed by atoms with van der Waals surface area (Å²) in [6, 6.07) is -1.17. The Balaban J connectivity index is 3.01. The molecular formula is C5H11N4O5PS. The van der Waals surface area contributed by atoms with Gasteiger partial charge in [-0.15, -0.1) is 0 Å². The van der Waals surface area contributed by atoms with Crippen molar-refractivity contribution in [1.29, 1.82) is 0 Å². The number of hydrazine groups is 1. The van der Waals surface area contributed by atoms with E-state index in [1.54, 1.807) is 4.72 Å². The van der Waals surface area contributed by atoms with Crippen molar-refractivity contribution < 1.29 is 22.3 Å². The van der Waals surface area contributed by atoms with Crippen LogP contribution < -0.4 is 16.3 Å².